The molecule has 0 saturated carbocycles. The highest BCUT2D eigenvalue weighted by atomic mass is 16.7. The average Bonchev–Trinajstić information content (AvgIpc) is 3.61. The van der Waals surface area contributed by atoms with Gasteiger partial charge in [-0.2, -0.15) is 0 Å². The molecule has 3 aromatic carbocycles. The lowest BCUT2D eigenvalue weighted by Crippen LogP contribution is -2.59. The predicted octanol–water partition coefficient (Wildman–Crippen LogP) is 3.82. The summed E-state index contributed by atoms with van der Waals surface area (Å²) >= 11 is 0. The van der Waals surface area contributed by atoms with Gasteiger partial charge in [0.15, 0.2) is 11.5 Å². The van der Waals surface area contributed by atoms with Crippen LogP contribution in [0.1, 0.15) is 50.2 Å². The molecule has 1 spiro atoms. The van der Waals surface area contributed by atoms with Crippen molar-refractivity contribution in [1.29, 1.82) is 0 Å². The molecule has 0 aromatic heterocycles. The van der Waals surface area contributed by atoms with Gasteiger partial charge in [0.25, 0.3) is 11.8 Å². The topological polar surface area (TPSA) is 97.4 Å². The Kier molecular flexibility index (Phi) is 7.13. The van der Waals surface area contributed by atoms with Crippen LogP contribution in [0.2, 0.25) is 0 Å². The highest BCUT2D eigenvalue weighted by molar-refractivity contribution is 5.99. The zero-order valence-electron chi connectivity index (χ0n) is 23.2. The maximum absolute atomic E-state index is 14.0. The third-order valence-corrected chi connectivity index (χ3v) is 8.19. The van der Waals surface area contributed by atoms with Crippen molar-refractivity contribution in [2.45, 2.75) is 45.0 Å². The van der Waals surface area contributed by atoms with Gasteiger partial charge in [-0.1, -0.05) is 42.0 Å². The molecule has 2 fully saturated rings. The van der Waals surface area contributed by atoms with Gasteiger partial charge in [-0.05, 0) is 55.3 Å². The molecule has 0 unspecified atom stereocenters. The zero-order valence-corrected chi connectivity index (χ0v) is 23.2. The second-order valence-electron chi connectivity index (χ2n) is 10.8. The minimum atomic E-state index is -0.981. The van der Waals surface area contributed by atoms with E-state index in [1.54, 1.807) is 21.9 Å². The zero-order chi connectivity index (χ0) is 28.6. The largest absolute Gasteiger partial charge is 0.454 e. The van der Waals surface area contributed by atoms with Crippen LogP contribution in [-0.4, -0.2) is 65.8 Å². The molecular formula is C32H33N3O6. The van der Waals surface area contributed by atoms with E-state index in [0.717, 1.165) is 16.7 Å². The van der Waals surface area contributed by atoms with Gasteiger partial charge in [0.05, 0.1) is 6.61 Å². The van der Waals surface area contributed by atoms with E-state index >= 15 is 0 Å². The Bertz CT molecular complexity index is 1480. The van der Waals surface area contributed by atoms with E-state index in [1.807, 2.05) is 68.4 Å². The molecule has 3 aliphatic heterocycles. The summed E-state index contributed by atoms with van der Waals surface area (Å²) in [7, 11) is 0. The van der Waals surface area contributed by atoms with E-state index in [2.05, 4.69) is 5.32 Å². The summed E-state index contributed by atoms with van der Waals surface area (Å²) in [5, 5.41) is 2.98. The van der Waals surface area contributed by atoms with Gasteiger partial charge in [-0.25, -0.2) is 0 Å². The number of amides is 3. The van der Waals surface area contributed by atoms with Crippen LogP contribution in [-0.2, 0) is 16.1 Å². The Morgan fingerprint density at radius 2 is 1.63 bits per heavy atom. The van der Waals surface area contributed by atoms with E-state index in [0.29, 0.717) is 48.6 Å². The molecule has 3 aromatic rings. The minimum Gasteiger partial charge on any atom is -0.454 e. The first kappa shape index (κ1) is 26.8. The quantitative estimate of drug-likeness (QED) is 0.514. The first-order valence-electron chi connectivity index (χ1n) is 13.9. The van der Waals surface area contributed by atoms with Crippen molar-refractivity contribution in [1.82, 2.24) is 15.1 Å². The molecule has 3 amide bonds. The molecule has 3 aliphatic rings. The molecule has 41 heavy (non-hydrogen) atoms. The van der Waals surface area contributed by atoms with E-state index in [4.69, 9.17) is 14.2 Å². The van der Waals surface area contributed by atoms with E-state index in [-0.39, 0.29) is 37.7 Å². The second kappa shape index (κ2) is 10.9. The lowest BCUT2D eigenvalue weighted by molar-refractivity contribution is -0.128. The summed E-state index contributed by atoms with van der Waals surface area (Å²) in [6.07, 6.45) is 0.822. The van der Waals surface area contributed by atoms with Gasteiger partial charge in [-0.3, -0.25) is 19.3 Å². The summed E-state index contributed by atoms with van der Waals surface area (Å²) in [5.74, 6) is 0.726. The average molecular weight is 556 g/mol. The molecule has 1 atom stereocenters. The molecule has 3 heterocycles. The first-order chi connectivity index (χ1) is 19.8. The number of carbonyl (C=O) groups is 3. The van der Waals surface area contributed by atoms with Crippen molar-refractivity contribution in [3.05, 3.63) is 94.5 Å². The number of rotatable bonds is 5. The SMILES string of the molecule is Cc1ccc(C(=O)N2[C@@H](C(=O)NCc3ccc4c(c3)OCO4)COC23CCN(C(=O)c2ccccc2C)CC3)cc1. The summed E-state index contributed by atoms with van der Waals surface area (Å²) in [5.41, 5.74) is 3.00. The van der Waals surface area contributed by atoms with Gasteiger partial charge < -0.3 is 24.4 Å². The molecule has 6 rings (SSSR count). The van der Waals surface area contributed by atoms with E-state index < -0.39 is 11.8 Å². The highest BCUT2D eigenvalue weighted by Gasteiger charge is 2.54. The number of nitrogens with one attached hydrogen (secondary N) is 1. The van der Waals surface area contributed by atoms with E-state index in [9.17, 15) is 14.4 Å². The van der Waals surface area contributed by atoms with Gasteiger partial charge in [0.2, 0.25) is 12.7 Å². The minimum absolute atomic E-state index is 0.0367. The van der Waals surface area contributed by atoms with Gasteiger partial charge in [0.1, 0.15) is 11.8 Å². The van der Waals surface area contributed by atoms with Crippen molar-refractivity contribution < 1.29 is 28.6 Å². The molecule has 212 valence electrons. The smallest absolute Gasteiger partial charge is 0.256 e. The maximum Gasteiger partial charge on any atom is 0.256 e. The van der Waals surface area contributed by atoms with Crippen LogP contribution in [0.5, 0.6) is 11.5 Å². The van der Waals surface area contributed by atoms with Gasteiger partial charge in [0, 0.05) is 43.6 Å². The number of fused-ring (bicyclic) bond motifs is 1. The highest BCUT2D eigenvalue weighted by Crippen LogP contribution is 2.39. The Balaban J connectivity index is 1.21. The van der Waals surface area contributed by atoms with Crippen molar-refractivity contribution in [2.75, 3.05) is 26.5 Å². The number of aryl methyl sites for hydroxylation is 2. The Morgan fingerprint density at radius 1 is 0.902 bits per heavy atom. The normalized spacial score (nSPS) is 18.9. The summed E-state index contributed by atoms with van der Waals surface area (Å²) in [6.45, 7) is 5.24. The lowest BCUT2D eigenvalue weighted by Gasteiger charge is -2.44. The van der Waals surface area contributed by atoms with Crippen molar-refractivity contribution in [3.63, 3.8) is 0 Å². The van der Waals surface area contributed by atoms with Crippen molar-refractivity contribution in [3.8, 4) is 11.5 Å². The number of nitrogens with zero attached hydrogens (tertiary/aromatic N) is 2. The molecule has 2 saturated heterocycles. The van der Waals surface area contributed by atoms with Gasteiger partial charge in [-0.15, -0.1) is 0 Å². The Hall–Kier alpha value is -4.37. The van der Waals surface area contributed by atoms with Crippen LogP contribution in [0.3, 0.4) is 0 Å². The predicted molar refractivity (Wildman–Crippen MR) is 151 cm³/mol. The van der Waals surface area contributed by atoms with Crippen LogP contribution in [0, 0.1) is 13.8 Å². The number of piperidine rings is 1. The number of carbonyl (C=O) groups excluding carboxylic acids is 3. The van der Waals surface area contributed by atoms with Crippen LogP contribution in [0.4, 0.5) is 0 Å². The second-order valence-corrected chi connectivity index (χ2v) is 10.8. The molecule has 9 nitrogen and oxygen atoms in total. The van der Waals surface area contributed by atoms with Gasteiger partial charge >= 0.3 is 0 Å². The fraction of sp³-hybridized carbons (Fsp3) is 0.344. The fourth-order valence-corrected chi connectivity index (χ4v) is 5.80. The molecule has 0 radical (unpaired) electrons. The number of hydrogen-bond acceptors (Lipinski definition) is 6. The first-order valence-corrected chi connectivity index (χ1v) is 13.9. The fourth-order valence-electron chi connectivity index (χ4n) is 5.80. The third kappa shape index (κ3) is 5.13. The number of likely N-dealkylation sites (tertiary alicyclic amines) is 1. The van der Waals surface area contributed by atoms with E-state index in [1.165, 1.54) is 0 Å². The Labute approximate surface area is 239 Å². The number of ether oxygens (including phenoxy) is 3. The third-order valence-electron chi connectivity index (χ3n) is 8.19. The maximum atomic E-state index is 14.0. The summed E-state index contributed by atoms with van der Waals surface area (Å²) < 4.78 is 17.2. The molecular weight excluding hydrogens is 522 g/mol. The summed E-state index contributed by atoms with van der Waals surface area (Å²) in [6, 6.07) is 19.6. The van der Waals surface area contributed by atoms with Crippen LogP contribution >= 0.6 is 0 Å². The van der Waals surface area contributed by atoms with Crippen molar-refractivity contribution >= 4 is 17.7 Å². The molecule has 0 bridgehead atoms. The van der Waals surface area contributed by atoms with Crippen LogP contribution < -0.4 is 14.8 Å². The monoisotopic (exact) mass is 555 g/mol. The summed E-state index contributed by atoms with van der Waals surface area (Å²) in [4.78, 5) is 44.3. The molecule has 0 aliphatic carbocycles. The Morgan fingerprint density at radius 3 is 2.39 bits per heavy atom. The molecule has 1 N–H and O–H groups in total. The van der Waals surface area contributed by atoms with Crippen LogP contribution in [0.15, 0.2) is 66.7 Å². The molecule has 9 heteroatoms. The van der Waals surface area contributed by atoms with Crippen LogP contribution in [0.25, 0.3) is 0 Å². The standard InChI is InChI=1S/C32H33N3O6/c1-21-7-10-24(11-8-21)30(37)35-26(29(36)33-18-23-9-12-27-28(17-23)40-20-39-27)19-41-32(35)13-15-34(16-14-32)31(38)25-6-4-3-5-22(25)2/h3-12,17,26H,13-16,18-20H2,1-2H3,(H,33,36)/t26-/m1/s1. The number of hydrogen-bond donors (Lipinski definition) is 1. The lowest BCUT2D eigenvalue weighted by atomic mass is 9.95. The van der Waals surface area contributed by atoms with Crippen molar-refractivity contribution in [2.24, 2.45) is 0 Å². The number of benzene rings is 3.